The summed E-state index contributed by atoms with van der Waals surface area (Å²) in [4.78, 5) is 11.3. The zero-order valence-corrected chi connectivity index (χ0v) is 11.0. The maximum atomic E-state index is 13.8. The van der Waals surface area contributed by atoms with Gasteiger partial charge in [0.15, 0.2) is 0 Å². The average Bonchev–Trinajstić information content (AvgIpc) is 2.09. The smallest absolute Gasteiger partial charge is 0.407 e. The molecule has 1 unspecified atom stereocenters. The summed E-state index contributed by atoms with van der Waals surface area (Å²) in [6.45, 7) is 8.84. The largest absolute Gasteiger partial charge is 0.444 e. The number of carbonyl (C=O) groups is 1. The molecule has 0 saturated carbocycles. The number of ether oxygens (including phenoxy) is 1. The second kappa shape index (κ2) is 6.06. The van der Waals surface area contributed by atoms with Gasteiger partial charge >= 0.3 is 6.09 Å². The van der Waals surface area contributed by atoms with Crippen molar-refractivity contribution >= 4 is 6.09 Å². The van der Waals surface area contributed by atoms with Crippen LogP contribution in [-0.2, 0) is 4.74 Å². The number of rotatable bonds is 5. The Hall–Kier alpha value is -0.800. The van der Waals surface area contributed by atoms with E-state index in [4.69, 9.17) is 4.74 Å². The van der Waals surface area contributed by atoms with E-state index >= 15 is 0 Å². The summed E-state index contributed by atoms with van der Waals surface area (Å²) in [5.74, 6) is 0. The Morgan fingerprint density at radius 2 is 1.88 bits per heavy atom. The van der Waals surface area contributed by atoms with Crippen LogP contribution in [0.25, 0.3) is 0 Å². The molecule has 0 aromatic carbocycles. The Morgan fingerprint density at radius 3 is 2.31 bits per heavy atom. The highest BCUT2D eigenvalue weighted by Crippen LogP contribution is 2.17. The number of nitrogens with one attached hydrogen (secondary N) is 1. The highest BCUT2D eigenvalue weighted by atomic mass is 19.1. The lowest BCUT2D eigenvalue weighted by atomic mass is 10.0. The van der Waals surface area contributed by atoms with E-state index in [2.05, 4.69) is 5.32 Å². The lowest BCUT2D eigenvalue weighted by Gasteiger charge is -2.23. The molecule has 0 fully saturated rings. The van der Waals surface area contributed by atoms with Gasteiger partial charge < -0.3 is 10.1 Å². The first-order valence-electron chi connectivity index (χ1n) is 5.82. The van der Waals surface area contributed by atoms with Crippen LogP contribution in [0.15, 0.2) is 0 Å². The van der Waals surface area contributed by atoms with Crippen molar-refractivity contribution in [2.24, 2.45) is 0 Å². The van der Waals surface area contributed by atoms with Crippen LogP contribution in [0.3, 0.4) is 0 Å². The summed E-state index contributed by atoms with van der Waals surface area (Å²) in [5, 5.41) is 2.45. The van der Waals surface area contributed by atoms with Crippen LogP contribution >= 0.6 is 0 Å². The third-order valence-corrected chi connectivity index (χ3v) is 2.05. The number of alkyl carbamates (subject to hydrolysis) is 1. The van der Waals surface area contributed by atoms with Crippen molar-refractivity contribution in [3.05, 3.63) is 0 Å². The fraction of sp³-hybridized carbons (Fsp3) is 0.917. The highest BCUT2D eigenvalue weighted by molar-refractivity contribution is 5.67. The van der Waals surface area contributed by atoms with Crippen LogP contribution in [-0.4, -0.2) is 23.9 Å². The number of hydrogen-bond acceptors (Lipinski definition) is 2. The lowest BCUT2D eigenvalue weighted by molar-refractivity contribution is 0.0479. The van der Waals surface area contributed by atoms with E-state index in [1.807, 2.05) is 6.92 Å². The van der Waals surface area contributed by atoms with Gasteiger partial charge in [0.05, 0.1) is 6.54 Å². The van der Waals surface area contributed by atoms with Gasteiger partial charge in [-0.2, -0.15) is 0 Å². The number of amides is 1. The molecule has 0 heterocycles. The van der Waals surface area contributed by atoms with Gasteiger partial charge in [-0.3, -0.25) is 0 Å². The average molecular weight is 233 g/mol. The summed E-state index contributed by atoms with van der Waals surface area (Å²) in [5.41, 5.74) is -1.90. The monoisotopic (exact) mass is 233 g/mol. The molecule has 0 radical (unpaired) electrons. The molecule has 0 aromatic heterocycles. The van der Waals surface area contributed by atoms with Crippen LogP contribution in [0.5, 0.6) is 0 Å². The van der Waals surface area contributed by atoms with E-state index in [1.54, 1.807) is 20.8 Å². The molecule has 0 aliphatic rings. The predicted molar refractivity (Wildman–Crippen MR) is 63.3 cm³/mol. The van der Waals surface area contributed by atoms with Crippen molar-refractivity contribution in [2.45, 2.75) is 65.2 Å². The first-order valence-corrected chi connectivity index (χ1v) is 5.82. The van der Waals surface area contributed by atoms with Crippen molar-refractivity contribution < 1.29 is 13.9 Å². The third-order valence-electron chi connectivity index (χ3n) is 2.05. The van der Waals surface area contributed by atoms with Gasteiger partial charge in [-0.05, 0) is 34.1 Å². The zero-order chi connectivity index (χ0) is 12.8. The summed E-state index contributed by atoms with van der Waals surface area (Å²) >= 11 is 0. The van der Waals surface area contributed by atoms with E-state index in [1.165, 1.54) is 6.92 Å². The fourth-order valence-electron chi connectivity index (χ4n) is 1.20. The van der Waals surface area contributed by atoms with Crippen molar-refractivity contribution in [1.82, 2.24) is 5.32 Å². The molecule has 0 rings (SSSR count). The van der Waals surface area contributed by atoms with E-state index in [0.29, 0.717) is 6.42 Å². The third kappa shape index (κ3) is 8.50. The molecule has 1 N–H and O–H groups in total. The van der Waals surface area contributed by atoms with Gasteiger partial charge in [0, 0.05) is 0 Å². The minimum absolute atomic E-state index is 0.00190. The standard InChI is InChI=1S/C12H24FNO2/c1-6-7-8-12(5,13)9-14-10(15)16-11(2,3)4/h6-9H2,1-5H3,(H,14,15). The topological polar surface area (TPSA) is 38.3 Å². The number of alkyl halides is 1. The molecule has 3 nitrogen and oxygen atoms in total. The van der Waals surface area contributed by atoms with Gasteiger partial charge in [-0.25, -0.2) is 9.18 Å². The van der Waals surface area contributed by atoms with Crippen LogP contribution in [0.2, 0.25) is 0 Å². The molecule has 1 atom stereocenters. The number of halogens is 1. The minimum atomic E-state index is -1.35. The molecule has 0 aromatic rings. The Morgan fingerprint density at radius 1 is 1.31 bits per heavy atom. The van der Waals surface area contributed by atoms with Crippen LogP contribution in [0.1, 0.15) is 53.9 Å². The summed E-state index contributed by atoms with van der Waals surface area (Å²) in [6.07, 6.45) is 1.67. The fourth-order valence-corrected chi connectivity index (χ4v) is 1.20. The Kier molecular flexibility index (Phi) is 5.76. The van der Waals surface area contributed by atoms with Gasteiger partial charge in [0.2, 0.25) is 0 Å². The maximum absolute atomic E-state index is 13.8. The predicted octanol–water partition coefficient (Wildman–Crippen LogP) is 3.43. The molecule has 16 heavy (non-hydrogen) atoms. The van der Waals surface area contributed by atoms with Gasteiger partial charge in [-0.1, -0.05) is 19.8 Å². The van der Waals surface area contributed by atoms with Crippen molar-refractivity contribution in [3.63, 3.8) is 0 Å². The Bertz CT molecular complexity index is 222. The maximum Gasteiger partial charge on any atom is 0.407 e. The van der Waals surface area contributed by atoms with Crippen LogP contribution in [0, 0.1) is 0 Å². The molecule has 0 bridgehead atoms. The SMILES string of the molecule is CCCCC(C)(F)CNC(=O)OC(C)(C)C. The molecule has 1 amide bonds. The Labute approximate surface area is 97.7 Å². The molecule has 0 saturated heterocycles. The molecule has 0 aliphatic heterocycles. The second-order valence-corrected chi connectivity index (χ2v) is 5.37. The second-order valence-electron chi connectivity index (χ2n) is 5.37. The van der Waals surface area contributed by atoms with Crippen molar-refractivity contribution in [1.29, 1.82) is 0 Å². The lowest BCUT2D eigenvalue weighted by Crippen LogP contribution is -2.40. The summed E-state index contributed by atoms with van der Waals surface area (Å²) in [7, 11) is 0. The molecular formula is C12H24FNO2. The van der Waals surface area contributed by atoms with Crippen LogP contribution in [0.4, 0.5) is 9.18 Å². The van der Waals surface area contributed by atoms with Gasteiger partial charge in [0.25, 0.3) is 0 Å². The molecular weight excluding hydrogens is 209 g/mol. The first-order chi connectivity index (χ1) is 7.16. The molecule has 4 heteroatoms. The number of hydrogen-bond donors (Lipinski definition) is 1. The summed E-state index contributed by atoms with van der Waals surface area (Å²) < 4.78 is 18.8. The quantitative estimate of drug-likeness (QED) is 0.790. The van der Waals surface area contributed by atoms with E-state index in [0.717, 1.165) is 12.8 Å². The number of carbonyl (C=O) groups excluding carboxylic acids is 1. The Balaban J connectivity index is 3.90. The summed E-state index contributed by atoms with van der Waals surface area (Å²) in [6, 6.07) is 0. The number of unbranched alkanes of at least 4 members (excludes halogenated alkanes) is 1. The highest BCUT2D eigenvalue weighted by Gasteiger charge is 2.24. The molecule has 0 spiro atoms. The van der Waals surface area contributed by atoms with E-state index in [-0.39, 0.29) is 6.54 Å². The zero-order valence-electron chi connectivity index (χ0n) is 11.0. The van der Waals surface area contributed by atoms with Gasteiger partial charge in [0.1, 0.15) is 11.3 Å². The normalized spacial score (nSPS) is 15.4. The molecule has 0 aliphatic carbocycles. The van der Waals surface area contributed by atoms with Crippen molar-refractivity contribution in [3.8, 4) is 0 Å². The van der Waals surface area contributed by atoms with Crippen LogP contribution < -0.4 is 5.32 Å². The molecule has 96 valence electrons. The van der Waals surface area contributed by atoms with E-state index < -0.39 is 17.4 Å². The van der Waals surface area contributed by atoms with Gasteiger partial charge in [-0.15, -0.1) is 0 Å². The van der Waals surface area contributed by atoms with Crippen molar-refractivity contribution in [2.75, 3.05) is 6.54 Å². The van der Waals surface area contributed by atoms with E-state index in [9.17, 15) is 9.18 Å². The minimum Gasteiger partial charge on any atom is -0.444 e. The first kappa shape index (κ1) is 15.2.